The SMILES string of the molecule is CCNC(=NCc1cccc(COC2CCOCC2)c1)NCCn1cnnc1CC.I. The first-order valence-electron chi connectivity index (χ1n) is 10.9. The Morgan fingerprint density at radius 2 is 2.03 bits per heavy atom. The summed E-state index contributed by atoms with van der Waals surface area (Å²) in [6.07, 6.45) is 4.93. The van der Waals surface area contributed by atoms with Crippen molar-refractivity contribution in [3.8, 4) is 0 Å². The van der Waals surface area contributed by atoms with Crippen molar-refractivity contribution in [1.82, 2.24) is 25.4 Å². The third-order valence-electron chi connectivity index (χ3n) is 5.07. The molecular weight excluding hydrogens is 507 g/mol. The van der Waals surface area contributed by atoms with Crippen LogP contribution in [0.2, 0.25) is 0 Å². The zero-order valence-electron chi connectivity index (χ0n) is 18.5. The quantitative estimate of drug-likeness (QED) is 0.273. The van der Waals surface area contributed by atoms with E-state index in [1.807, 2.05) is 0 Å². The smallest absolute Gasteiger partial charge is 0.191 e. The Balaban J connectivity index is 0.00000341. The molecule has 1 aromatic heterocycles. The van der Waals surface area contributed by atoms with Crippen LogP contribution in [0.1, 0.15) is 43.6 Å². The number of guanidine groups is 1. The number of halogens is 1. The Morgan fingerprint density at radius 1 is 1.23 bits per heavy atom. The largest absolute Gasteiger partial charge is 0.381 e. The Bertz CT molecular complexity index is 792. The molecule has 0 radical (unpaired) electrons. The highest BCUT2D eigenvalue weighted by Crippen LogP contribution is 2.14. The van der Waals surface area contributed by atoms with Gasteiger partial charge in [-0.1, -0.05) is 31.2 Å². The summed E-state index contributed by atoms with van der Waals surface area (Å²) in [6, 6.07) is 8.47. The second-order valence-electron chi connectivity index (χ2n) is 7.36. The predicted molar refractivity (Wildman–Crippen MR) is 133 cm³/mol. The van der Waals surface area contributed by atoms with Gasteiger partial charge in [0.1, 0.15) is 12.2 Å². The van der Waals surface area contributed by atoms with Crippen LogP contribution in [0.25, 0.3) is 0 Å². The summed E-state index contributed by atoms with van der Waals surface area (Å²) >= 11 is 0. The number of ether oxygens (including phenoxy) is 2. The van der Waals surface area contributed by atoms with Crippen LogP contribution in [0.5, 0.6) is 0 Å². The van der Waals surface area contributed by atoms with Gasteiger partial charge >= 0.3 is 0 Å². The van der Waals surface area contributed by atoms with Gasteiger partial charge in [-0.25, -0.2) is 4.99 Å². The average Bonchev–Trinajstić information content (AvgIpc) is 3.24. The van der Waals surface area contributed by atoms with Crippen molar-refractivity contribution >= 4 is 29.9 Å². The lowest BCUT2D eigenvalue weighted by Crippen LogP contribution is -2.38. The summed E-state index contributed by atoms with van der Waals surface area (Å²) in [5.41, 5.74) is 2.36. The lowest BCUT2D eigenvalue weighted by molar-refractivity contribution is -0.0390. The van der Waals surface area contributed by atoms with Gasteiger partial charge in [-0.15, -0.1) is 34.2 Å². The van der Waals surface area contributed by atoms with Crippen molar-refractivity contribution in [2.75, 3.05) is 26.3 Å². The van der Waals surface area contributed by atoms with Crippen LogP contribution in [0.4, 0.5) is 0 Å². The maximum Gasteiger partial charge on any atom is 0.191 e. The lowest BCUT2D eigenvalue weighted by atomic mass is 10.1. The van der Waals surface area contributed by atoms with E-state index in [9.17, 15) is 0 Å². The minimum absolute atomic E-state index is 0. The van der Waals surface area contributed by atoms with Crippen molar-refractivity contribution < 1.29 is 9.47 Å². The molecule has 9 heteroatoms. The molecule has 2 N–H and O–H groups in total. The number of aliphatic imine (C=N–C) groups is 1. The molecule has 0 unspecified atom stereocenters. The molecule has 0 amide bonds. The molecule has 31 heavy (non-hydrogen) atoms. The van der Waals surface area contributed by atoms with Gasteiger partial charge in [0, 0.05) is 39.3 Å². The van der Waals surface area contributed by atoms with Crippen LogP contribution in [0.3, 0.4) is 0 Å². The molecule has 0 bridgehead atoms. The number of aromatic nitrogens is 3. The molecule has 1 aliphatic rings. The van der Waals surface area contributed by atoms with Crippen LogP contribution >= 0.6 is 24.0 Å². The van der Waals surface area contributed by atoms with Gasteiger partial charge < -0.3 is 24.7 Å². The molecule has 172 valence electrons. The van der Waals surface area contributed by atoms with E-state index >= 15 is 0 Å². The molecule has 0 spiro atoms. The van der Waals surface area contributed by atoms with E-state index in [1.165, 1.54) is 11.1 Å². The molecule has 0 aliphatic carbocycles. The first-order valence-corrected chi connectivity index (χ1v) is 10.9. The van der Waals surface area contributed by atoms with Crippen molar-refractivity contribution in [1.29, 1.82) is 0 Å². The first kappa shape index (κ1) is 25.5. The zero-order chi connectivity index (χ0) is 21.0. The summed E-state index contributed by atoms with van der Waals surface area (Å²) < 4.78 is 13.5. The molecule has 1 saturated heterocycles. The normalized spacial score (nSPS) is 14.8. The summed E-state index contributed by atoms with van der Waals surface area (Å²) in [4.78, 5) is 4.73. The number of rotatable bonds is 10. The van der Waals surface area contributed by atoms with Gasteiger partial charge in [-0.2, -0.15) is 0 Å². The van der Waals surface area contributed by atoms with Crippen LogP contribution < -0.4 is 10.6 Å². The van der Waals surface area contributed by atoms with E-state index in [0.717, 1.165) is 63.9 Å². The minimum Gasteiger partial charge on any atom is -0.381 e. The Morgan fingerprint density at radius 3 is 2.81 bits per heavy atom. The van der Waals surface area contributed by atoms with Gasteiger partial charge in [0.05, 0.1) is 19.3 Å². The molecule has 1 aliphatic heterocycles. The lowest BCUT2D eigenvalue weighted by Gasteiger charge is -2.22. The maximum atomic E-state index is 6.04. The highest BCUT2D eigenvalue weighted by atomic mass is 127. The molecule has 0 saturated carbocycles. The highest BCUT2D eigenvalue weighted by molar-refractivity contribution is 14.0. The molecule has 8 nitrogen and oxygen atoms in total. The third-order valence-corrected chi connectivity index (χ3v) is 5.07. The Labute approximate surface area is 202 Å². The standard InChI is InChI=1S/C22H34N6O2.HI/c1-3-21-27-26-17-28(21)11-10-24-22(23-4-2)25-15-18-6-5-7-19(14-18)16-30-20-8-12-29-13-9-20;/h5-7,14,17,20H,3-4,8-13,15-16H2,1-2H3,(H2,23,24,25);1H. The second kappa shape index (κ2) is 14.4. The van der Waals surface area contributed by atoms with Crippen LogP contribution in [-0.2, 0) is 35.6 Å². The van der Waals surface area contributed by atoms with Crippen LogP contribution in [0, 0.1) is 0 Å². The summed E-state index contributed by atoms with van der Waals surface area (Å²) in [5.74, 6) is 1.81. The molecule has 1 fully saturated rings. The fourth-order valence-corrected chi connectivity index (χ4v) is 3.42. The molecule has 1 aromatic carbocycles. The van der Waals surface area contributed by atoms with Crippen LogP contribution in [-0.4, -0.2) is 53.1 Å². The average molecular weight is 542 g/mol. The minimum atomic E-state index is 0. The zero-order valence-corrected chi connectivity index (χ0v) is 20.9. The third kappa shape index (κ3) is 8.74. The predicted octanol–water partition coefficient (Wildman–Crippen LogP) is 2.91. The van der Waals surface area contributed by atoms with Crippen molar-refractivity contribution in [2.24, 2.45) is 4.99 Å². The first-order chi connectivity index (χ1) is 14.8. The van der Waals surface area contributed by atoms with E-state index in [0.29, 0.717) is 19.3 Å². The summed E-state index contributed by atoms with van der Waals surface area (Å²) in [5, 5.41) is 14.8. The summed E-state index contributed by atoms with van der Waals surface area (Å²) in [7, 11) is 0. The Kier molecular flexibility index (Phi) is 11.8. The maximum absolute atomic E-state index is 6.04. The fourth-order valence-electron chi connectivity index (χ4n) is 3.42. The Hall–Kier alpha value is -1.72. The molecule has 2 aromatic rings. The summed E-state index contributed by atoms with van der Waals surface area (Å²) in [6.45, 7) is 9.40. The number of hydrogen-bond donors (Lipinski definition) is 2. The monoisotopic (exact) mass is 542 g/mol. The van der Waals surface area contributed by atoms with Gasteiger partial charge in [0.25, 0.3) is 0 Å². The second-order valence-corrected chi connectivity index (χ2v) is 7.36. The number of nitrogens with one attached hydrogen (secondary N) is 2. The van der Waals surface area contributed by atoms with Crippen LogP contribution in [0.15, 0.2) is 35.6 Å². The number of aryl methyl sites for hydroxylation is 1. The molecule has 3 rings (SSSR count). The van der Waals surface area contributed by atoms with E-state index in [1.54, 1.807) is 6.33 Å². The molecule has 2 heterocycles. The van der Waals surface area contributed by atoms with E-state index in [4.69, 9.17) is 14.5 Å². The van der Waals surface area contributed by atoms with Gasteiger partial charge in [-0.3, -0.25) is 0 Å². The topological polar surface area (TPSA) is 85.6 Å². The van der Waals surface area contributed by atoms with E-state index < -0.39 is 0 Å². The number of benzene rings is 1. The fraction of sp³-hybridized carbons (Fsp3) is 0.591. The van der Waals surface area contributed by atoms with Crippen molar-refractivity contribution in [3.63, 3.8) is 0 Å². The highest BCUT2D eigenvalue weighted by Gasteiger charge is 2.14. The van der Waals surface area contributed by atoms with E-state index in [-0.39, 0.29) is 24.0 Å². The molecular formula is C22H35IN6O2. The number of hydrogen-bond acceptors (Lipinski definition) is 5. The van der Waals surface area contributed by atoms with Crippen molar-refractivity contribution in [3.05, 3.63) is 47.5 Å². The van der Waals surface area contributed by atoms with Gasteiger partial charge in [0.15, 0.2) is 5.96 Å². The van der Waals surface area contributed by atoms with Gasteiger partial charge in [0.2, 0.25) is 0 Å². The van der Waals surface area contributed by atoms with E-state index in [2.05, 4.69) is 63.5 Å². The number of nitrogens with zero attached hydrogens (tertiary/aromatic N) is 4. The van der Waals surface area contributed by atoms with Crippen molar-refractivity contribution in [2.45, 2.75) is 58.9 Å². The van der Waals surface area contributed by atoms with Gasteiger partial charge in [-0.05, 0) is 30.9 Å². The molecule has 0 atom stereocenters.